The molecule has 1 atom stereocenters. The van der Waals surface area contributed by atoms with Gasteiger partial charge in [0.2, 0.25) is 0 Å². The minimum atomic E-state index is -4.16. The monoisotopic (exact) mass is 520 g/mol. The van der Waals surface area contributed by atoms with Crippen molar-refractivity contribution in [3.63, 3.8) is 0 Å². The molecule has 0 saturated heterocycles. The van der Waals surface area contributed by atoms with Crippen LogP contribution in [0.5, 0.6) is 11.5 Å². The molecule has 0 saturated carbocycles. The lowest BCUT2D eigenvalue weighted by atomic mass is 9.98. The van der Waals surface area contributed by atoms with Crippen molar-refractivity contribution >= 4 is 33.4 Å². The Labute approximate surface area is 207 Å². The second-order valence-electron chi connectivity index (χ2n) is 7.91. The van der Waals surface area contributed by atoms with Crippen molar-refractivity contribution in [3.8, 4) is 11.5 Å². The molecular formula is C25H23ClF2N2O4S. The van der Waals surface area contributed by atoms with Gasteiger partial charge in [0.15, 0.2) is 11.6 Å². The van der Waals surface area contributed by atoms with E-state index in [4.69, 9.17) is 26.8 Å². The van der Waals surface area contributed by atoms with E-state index < -0.39 is 27.7 Å². The Balaban J connectivity index is 1.76. The maximum absolute atomic E-state index is 14.1. The van der Waals surface area contributed by atoms with E-state index in [9.17, 15) is 17.2 Å². The number of halogens is 3. The zero-order chi connectivity index (χ0) is 25.3. The zero-order valence-corrected chi connectivity index (χ0v) is 20.5. The van der Waals surface area contributed by atoms with Gasteiger partial charge in [0.25, 0.3) is 10.0 Å². The summed E-state index contributed by atoms with van der Waals surface area (Å²) < 4.78 is 67.6. The maximum atomic E-state index is 14.1. The normalized spacial score (nSPS) is 15.4. The Hall–Kier alpha value is -3.14. The summed E-state index contributed by atoms with van der Waals surface area (Å²) in [4.78, 5) is -0.142. The summed E-state index contributed by atoms with van der Waals surface area (Å²) in [6, 6.07) is 12.0. The summed E-state index contributed by atoms with van der Waals surface area (Å²) in [5.74, 6) is -1.06. The average Bonchev–Trinajstić information content (AvgIpc) is 2.83. The first-order valence-corrected chi connectivity index (χ1v) is 12.5. The van der Waals surface area contributed by atoms with Crippen molar-refractivity contribution in [2.24, 2.45) is 5.73 Å². The van der Waals surface area contributed by atoms with Gasteiger partial charge in [0, 0.05) is 24.2 Å². The lowest BCUT2D eigenvalue weighted by molar-refractivity contribution is 0.300. The smallest absolute Gasteiger partial charge is 0.265 e. The Morgan fingerprint density at radius 1 is 1.09 bits per heavy atom. The van der Waals surface area contributed by atoms with Gasteiger partial charge in [-0.3, -0.25) is 4.31 Å². The molecule has 0 fully saturated rings. The molecule has 0 amide bonds. The first-order valence-electron chi connectivity index (χ1n) is 10.7. The molecule has 0 unspecified atom stereocenters. The molecule has 0 bridgehead atoms. The van der Waals surface area contributed by atoms with E-state index in [2.05, 4.69) is 0 Å². The first-order chi connectivity index (χ1) is 16.7. The van der Waals surface area contributed by atoms with Crippen LogP contribution >= 0.6 is 11.6 Å². The molecule has 10 heteroatoms. The number of hydrogen-bond acceptors (Lipinski definition) is 5. The molecule has 1 heterocycles. The molecular weight excluding hydrogens is 498 g/mol. The number of anilines is 1. The minimum absolute atomic E-state index is 0.142. The van der Waals surface area contributed by atoms with Crippen LogP contribution in [0.2, 0.25) is 5.02 Å². The summed E-state index contributed by atoms with van der Waals surface area (Å²) in [5, 5.41) is 0.224. The van der Waals surface area contributed by atoms with Gasteiger partial charge >= 0.3 is 0 Å². The Kier molecular flexibility index (Phi) is 7.02. The van der Waals surface area contributed by atoms with Gasteiger partial charge in [-0.05, 0) is 54.5 Å². The molecule has 0 radical (unpaired) electrons. The van der Waals surface area contributed by atoms with Crippen molar-refractivity contribution in [2.75, 3.05) is 18.0 Å². The lowest BCUT2D eigenvalue weighted by Crippen LogP contribution is -2.43. The fourth-order valence-electron chi connectivity index (χ4n) is 3.91. The van der Waals surface area contributed by atoms with Crippen molar-refractivity contribution < 1.29 is 26.7 Å². The number of methoxy groups -OCH3 is 1. The molecule has 1 aliphatic heterocycles. The van der Waals surface area contributed by atoms with E-state index in [1.807, 2.05) is 6.08 Å². The van der Waals surface area contributed by atoms with Crippen LogP contribution < -0.4 is 19.5 Å². The molecule has 184 valence electrons. The number of ether oxygens (including phenoxy) is 2. The predicted octanol–water partition coefficient (Wildman–Crippen LogP) is 5.15. The quantitative estimate of drug-likeness (QED) is 0.466. The number of benzene rings is 3. The summed E-state index contributed by atoms with van der Waals surface area (Å²) in [5.41, 5.74) is 7.73. The highest BCUT2D eigenvalue weighted by molar-refractivity contribution is 7.92. The molecule has 1 aliphatic rings. The van der Waals surface area contributed by atoms with Crippen LogP contribution in [-0.2, 0) is 16.6 Å². The van der Waals surface area contributed by atoms with Gasteiger partial charge in [-0.25, -0.2) is 17.2 Å². The van der Waals surface area contributed by atoms with E-state index in [0.29, 0.717) is 22.6 Å². The molecule has 0 aliphatic carbocycles. The minimum Gasteiger partial charge on any atom is -0.494 e. The highest BCUT2D eigenvalue weighted by atomic mass is 35.5. The number of fused-ring (bicyclic) bond motifs is 1. The molecule has 2 N–H and O–H groups in total. The molecule has 3 aromatic carbocycles. The number of nitrogens with two attached hydrogens (primary N) is 1. The Bertz CT molecular complexity index is 1390. The van der Waals surface area contributed by atoms with Gasteiger partial charge in [-0.1, -0.05) is 23.7 Å². The highest BCUT2D eigenvalue weighted by Crippen LogP contribution is 2.39. The van der Waals surface area contributed by atoms with Crippen LogP contribution in [0, 0.1) is 11.6 Å². The number of rotatable bonds is 7. The van der Waals surface area contributed by atoms with Crippen molar-refractivity contribution in [3.05, 3.63) is 88.0 Å². The van der Waals surface area contributed by atoms with E-state index in [1.54, 1.807) is 31.2 Å². The highest BCUT2D eigenvalue weighted by Gasteiger charge is 2.35. The average molecular weight is 521 g/mol. The van der Waals surface area contributed by atoms with Crippen LogP contribution in [0.4, 0.5) is 14.5 Å². The van der Waals surface area contributed by atoms with E-state index in [1.165, 1.54) is 29.6 Å². The standard InChI is InChI=1S/C25H23ClF2N2O4S/c1-15-17(13-29)10-16-6-7-18(34-14-20-21(26)4-3-5-22(20)27)11-24(16)30(15)35(31,32)19-8-9-23(28)25(12-19)33-2/h3-12,15H,13-14,29H2,1-2H3/t15-/m1/s1. The largest absolute Gasteiger partial charge is 0.494 e. The fraction of sp³-hybridized carbons (Fsp3) is 0.200. The number of nitrogens with zero attached hydrogens (tertiary/aromatic N) is 1. The molecule has 35 heavy (non-hydrogen) atoms. The topological polar surface area (TPSA) is 81.9 Å². The maximum Gasteiger partial charge on any atom is 0.265 e. The lowest BCUT2D eigenvalue weighted by Gasteiger charge is -2.36. The van der Waals surface area contributed by atoms with Gasteiger partial charge in [-0.15, -0.1) is 0 Å². The van der Waals surface area contributed by atoms with E-state index in [0.717, 1.165) is 12.1 Å². The summed E-state index contributed by atoms with van der Waals surface area (Å²) >= 11 is 6.08. The Morgan fingerprint density at radius 3 is 2.54 bits per heavy atom. The van der Waals surface area contributed by atoms with Gasteiger partial charge in [0.1, 0.15) is 18.2 Å². The second kappa shape index (κ2) is 9.85. The van der Waals surface area contributed by atoms with Gasteiger partial charge < -0.3 is 15.2 Å². The van der Waals surface area contributed by atoms with Crippen LogP contribution in [-0.4, -0.2) is 28.1 Å². The summed E-state index contributed by atoms with van der Waals surface area (Å²) in [6.45, 7) is 1.71. The SMILES string of the molecule is COc1cc(S(=O)(=O)N2c3cc(OCc4c(F)cccc4Cl)ccc3C=C(CN)[C@H]2C)ccc1F. The first kappa shape index (κ1) is 25.0. The summed E-state index contributed by atoms with van der Waals surface area (Å²) in [6.07, 6.45) is 1.83. The molecule has 6 nitrogen and oxygen atoms in total. The van der Waals surface area contributed by atoms with Crippen LogP contribution in [0.3, 0.4) is 0 Å². The number of hydrogen-bond donors (Lipinski definition) is 1. The predicted molar refractivity (Wildman–Crippen MR) is 131 cm³/mol. The summed E-state index contributed by atoms with van der Waals surface area (Å²) in [7, 11) is -2.90. The molecule has 0 aromatic heterocycles. The van der Waals surface area contributed by atoms with Crippen LogP contribution in [0.25, 0.3) is 6.08 Å². The third kappa shape index (κ3) is 4.71. The van der Waals surface area contributed by atoms with Crippen molar-refractivity contribution in [2.45, 2.75) is 24.5 Å². The van der Waals surface area contributed by atoms with E-state index in [-0.39, 0.29) is 34.4 Å². The fourth-order valence-corrected chi connectivity index (χ4v) is 5.82. The third-order valence-corrected chi connectivity index (χ3v) is 8.06. The van der Waals surface area contributed by atoms with Crippen molar-refractivity contribution in [1.82, 2.24) is 0 Å². The Morgan fingerprint density at radius 2 is 1.86 bits per heavy atom. The number of sulfonamides is 1. The van der Waals surface area contributed by atoms with Crippen LogP contribution in [0.15, 0.2) is 65.1 Å². The van der Waals surface area contributed by atoms with Crippen molar-refractivity contribution in [1.29, 1.82) is 0 Å². The second-order valence-corrected chi connectivity index (χ2v) is 10.1. The molecule has 3 aromatic rings. The van der Waals surface area contributed by atoms with E-state index >= 15 is 0 Å². The third-order valence-electron chi connectivity index (χ3n) is 5.83. The van der Waals surface area contributed by atoms with Gasteiger partial charge in [0.05, 0.1) is 28.8 Å². The molecule has 4 rings (SSSR count). The van der Waals surface area contributed by atoms with Crippen LogP contribution in [0.1, 0.15) is 18.1 Å². The zero-order valence-electron chi connectivity index (χ0n) is 19.0. The van der Waals surface area contributed by atoms with Gasteiger partial charge in [-0.2, -0.15) is 0 Å². The molecule has 0 spiro atoms.